The fraction of sp³-hybridized carbons (Fsp3) is 0.833. The van der Waals surface area contributed by atoms with Crippen LogP contribution >= 0.6 is 0 Å². The van der Waals surface area contributed by atoms with Crippen molar-refractivity contribution in [3.8, 4) is 0 Å². The summed E-state index contributed by atoms with van der Waals surface area (Å²) in [6, 6.07) is 0. The maximum Gasteiger partial charge on any atom is 0.311 e. The molecule has 2 N–H and O–H groups in total. The Balaban J connectivity index is 2.50. The summed E-state index contributed by atoms with van der Waals surface area (Å²) in [5, 5.41) is 20.0. The van der Waals surface area contributed by atoms with Gasteiger partial charge in [0.15, 0.2) is 0 Å². The Labute approximate surface area is 171 Å². The molecule has 0 fully saturated rings. The maximum atomic E-state index is 12.3. The molecule has 0 radical (unpaired) electrons. The summed E-state index contributed by atoms with van der Waals surface area (Å²) in [4.78, 5) is 24.5. The number of carboxylic acid groups (broad SMARTS) is 2. The topological polar surface area (TPSA) is 74.6 Å². The highest BCUT2D eigenvalue weighted by molar-refractivity contribution is 5.87. The number of allylic oxidation sites excluding steroid dienone is 2. The minimum absolute atomic E-state index is 0.332. The largest absolute Gasteiger partial charge is 0.481 e. The quantitative estimate of drug-likeness (QED) is 0.236. The van der Waals surface area contributed by atoms with Gasteiger partial charge in [-0.15, -0.1) is 0 Å². The van der Waals surface area contributed by atoms with Crippen molar-refractivity contribution in [1.29, 1.82) is 0 Å². The summed E-state index contributed by atoms with van der Waals surface area (Å²) in [5.74, 6) is -1.08. The number of aliphatic carboxylic acids is 2. The van der Waals surface area contributed by atoms with E-state index in [1.807, 2.05) is 19.1 Å². The first-order valence-corrected chi connectivity index (χ1v) is 11.4. The Morgan fingerprint density at radius 1 is 0.786 bits per heavy atom. The Morgan fingerprint density at radius 2 is 1.21 bits per heavy atom. The first kappa shape index (κ1) is 24.7. The van der Waals surface area contributed by atoms with Crippen molar-refractivity contribution < 1.29 is 19.8 Å². The summed E-state index contributed by atoms with van der Waals surface area (Å²) in [6.45, 7) is 6.48. The van der Waals surface area contributed by atoms with Crippen LogP contribution in [0, 0.1) is 16.7 Å². The Hall–Kier alpha value is -1.32. The van der Waals surface area contributed by atoms with Crippen molar-refractivity contribution in [2.45, 2.75) is 111 Å². The summed E-state index contributed by atoms with van der Waals surface area (Å²) < 4.78 is 0. The van der Waals surface area contributed by atoms with E-state index in [2.05, 4.69) is 13.8 Å². The zero-order chi connectivity index (χ0) is 21.0. The summed E-state index contributed by atoms with van der Waals surface area (Å²) in [6.07, 6.45) is 16.6. The van der Waals surface area contributed by atoms with Crippen molar-refractivity contribution in [1.82, 2.24) is 0 Å². The predicted molar refractivity (Wildman–Crippen MR) is 114 cm³/mol. The molecule has 1 rings (SSSR count). The highest BCUT2D eigenvalue weighted by Crippen LogP contribution is 2.54. The monoisotopic (exact) mass is 394 g/mol. The summed E-state index contributed by atoms with van der Waals surface area (Å²) in [5.41, 5.74) is -2.33. The van der Waals surface area contributed by atoms with Gasteiger partial charge in [-0.3, -0.25) is 9.59 Å². The van der Waals surface area contributed by atoms with Crippen LogP contribution in [0.25, 0.3) is 0 Å². The molecule has 0 spiro atoms. The molecule has 0 aromatic heterocycles. The first-order valence-electron chi connectivity index (χ1n) is 11.4. The van der Waals surface area contributed by atoms with Crippen LogP contribution in [0.15, 0.2) is 12.2 Å². The molecule has 0 saturated carbocycles. The normalized spacial score (nSPS) is 24.6. The van der Waals surface area contributed by atoms with E-state index in [-0.39, 0.29) is 0 Å². The zero-order valence-electron chi connectivity index (χ0n) is 18.3. The molecule has 0 aromatic carbocycles. The maximum absolute atomic E-state index is 12.3. The molecule has 4 nitrogen and oxygen atoms in total. The van der Waals surface area contributed by atoms with Crippen LogP contribution in [0.2, 0.25) is 0 Å². The van der Waals surface area contributed by atoms with Crippen LogP contribution in [-0.2, 0) is 9.59 Å². The van der Waals surface area contributed by atoms with E-state index >= 15 is 0 Å². The Kier molecular flexibility index (Phi) is 10.8. The zero-order valence-corrected chi connectivity index (χ0v) is 18.3. The summed E-state index contributed by atoms with van der Waals surface area (Å²) >= 11 is 0. The molecule has 1 aliphatic rings. The van der Waals surface area contributed by atoms with Crippen LogP contribution in [0.1, 0.15) is 111 Å². The van der Waals surface area contributed by atoms with E-state index in [0.717, 1.165) is 25.2 Å². The molecule has 162 valence electrons. The van der Waals surface area contributed by atoms with Gasteiger partial charge in [0.05, 0.1) is 10.8 Å². The molecule has 4 heteroatoms. The lowest BCUT2D eigenvalue weighted by atomic mass is 9.54. The average molecular weight is 395 g/mol. The second kappa shape index (κ2) is 12.3. The smallest absolute Gasteiger partial charge is 0.311 e. The van der Waals surface area contributed by atoms with Crippen LogP contribution in [-0.4, -0.2) is 22.2 Å². The lowest BCUT2D eigenvalue weighted by molar-refractivity contribution is -0.177. The number of hydrogen-bond donors (Lipinski definition) is 2. The number of unbranched alkanes of at least 4 members (excludes halogenated alkanes) is 7. The van der Waals surface area contributed by atoms with Gasteiger partial charge in [0.1, 0.15) is 0 Å². The number of carboxylic acids is 2. The molecule has 2 atom stereocenters. The van der Waals surface area contributed by atoms with E-state index in [0.29, 0.717) is 32.1 Å². The van der Waals surface area contributed by atoms with E-state index in [4.69, 9.17) is 0 Å². The highest BCUT2D eigenvalue weighted by atomic mass is 16.4. The standard InChI is InChI=1S/C24H42O4/c1-4-16-23(21(25)26)18-13-14-19-24(23,22(27)28)17-12-10-8-6-5-7-9-11-15-20(2)3/h13-14,20H,4-12,15-19H2,1-3H3,(H,25,26)(H,27,28). The van der Waals surface area contributed by atoms with E-state index in [9.17, 15) is 19.8 Å². The number of carbonyl (C=O) groups is 2. The predicted octanol–water partition coefficient (Wildman–Crippen LogP) is 6.84. The van der Waals surface area contributed by atoms with Gasteiger partial charge in [0, 0.05) is 0 Å². The van der Waals surface area contributed by atoms with E-state index in [1.165, 1.54) is 38.5 Å². The van der Waals surface area contributed by atoms with Gasteiger partial charge in [-0.05, 0) is 31.6 Å². The Bertz CT molecular complexity index is 511. The van der Waals surface area contributed by atoms with Crippen molar-refractivity contribution in [3.63, 3.8) is 0 Å². The number of rotatable bonds is 15. The molecule has 1 aliphatic carbocycles. The molecule has 2 unspecified atom stereocenters. The van der Waals surface area contributed by atoms with Gasteiger partial charge < -0.3 is 10.2 Å². The van der Waals surface area contributed by atoms with Crippen molar-refractivity contribution in [3.05, 3.63) is 12.2 Å². The minimum Gasteiger partial charge on any atom is -0.481 e. The van der Waals surface area contributed by atoms with Crippen LogP contribution < -0.4 is 0 Å². The highest BCUT2D eigenvalue weighted by Gasteiger charge is 2.60. The molecule has 0 amide bonds. The third kappa shape index (κ3) is 6.35. The molecule has 28 heavy (non-hydrogen) atoms. The second-order valence-electron chi connectivity index (χ2n) is 9.17. The molecule has 0 aromatic rings. The van der Waals surface area contributed by atoms with Crippen molar-refractivity contribution in [2.24, 2.45) is 16.7 Å². The van der Waals surface area contributed by atoms with Gasteiger partial charge in [0.2, 0.25) is 0 Å². The van der Waals surface area contributed by atoms with Crippen molar-refractivity contribution in [2.75, 3.05) is 0 Å². The SMILES string of the molecule is CCCC1(C(=O)O)CC=CCC1(CCCCCCCCCCC(C)C)C(=O)O. The van der Waals surface area contributed by atoms with Gasteiger partial charge in [-0.2, -0.15) is 0 Å². The number of hydrogen-bond acceptors (Lipinski definition) is 2. The molecule has 0 aliphatic heterocycles. The molecular formula is C24H42O4. The van der Waals surface area contributed by atoms with Gasteiger partial charge in [0.25, 0.3) is 0 Å². The van der Waals surface area contributed by atoms with Crippen LogP contribution in [0.5, 0.6) is 0 Å². The fourth-order valence-corrected chi connectivity index (χ4v) is 4.91. The van der Waals surface area contributed by atoms with Gasteiger partial charge in [-0.1, -0.05) is 97.1 Å². The van der Waals surface area contributed by atoms with Crippen LogP contribution in [0.3, 0.4) is 0 Å². The van der Waals surface area contributed by atoms with Crippen LogP contribution in [0.4, 0.5) is 0 Å². The lowest BCUT2D eigenvalue weighted by Gasteiger charge is -2.46. The third-order valence-corrected chi connectivity index (χ3v) is 6.65. The summed E-state index contributed by atoms with van der Waals surface area (Å²) in [7, 11) is 0. The van der Waals surface area contributed by atoms with E-state index < -0.39 is 22.8 Å². The molecular weight excluding hydrogens is 352 g/mol. The second-order valence-corrected chi connectivity index (χ2v) is 9.17. The van der Waals surface area contributed by atoms with Gasteiger partial charge >= 0.3 is 11.9 Å². The molecule has 0 heterocycles. The molecule has 0 bridgehead atoms. The fourth-order valence-electron chi connectivity index (χ4n) is 4.91. The van der Waals surface area contributed by atoms with E-state index in [1.54, 1.807) is 0 Å². The minimum atomic E-state index is -1.17. The average Bonchev–Trinajstić information content (AvgIpc) is 2.64. The molecule has 0 saturated heterocycles. The first-order chi connectivity index (χ1) is 13.3. The third-order valence-electron chi connectivity index (χ3n) is 6.65. The Morgan fingerprint density at radius 3 is 1.64 bits per heavy atom. The van der Waals surface area contributed by atoms with Gasteiger partial charge in [-0.25, -0.2) is 0 Å². The lowest BCUT2D eigenvalue weighted by Crippen LogP contribution is -2.53. The van der Waals surface area contributed by atoms with Crippen molar-refractivity contribution >= 4 is 11.9 Å².